The van der Waals surface area contributed by atoms with Crippen LogP contribution in [0.1, 0.15) is 22.3 Å². The number of carbonyl (C=O) groups is 2. The topological polar surface area (TPSA) is 49.4 Å². The van der Waals surface area contributed by atoms with Crippen LogP contribution in [0, 0.1) is 20.8 Å². The van der Waals surface area contributed by atoms with Gasteiger partial charge in [-0.25, -0.2) is 4.90 Å². The third kappa shape index (κ3) is 3.57. The molecule has 4 nitrogen and oxygen atoms in total. The summed E-state index contributed by atoms with van der Waals surface area (Å²) in [6, 6.07) is 22.8. The highest BCUT2D eigenvalue weighted by Gasteiger charge is 2.40. The van der Waals surface area contributed by atoms with E-state index in [4.69, 9.17) is 0 Å². The van der Waals surface area contributed by atoms with Crippen molar-refractivity contribution >= 4 is 28.8 Å². The summed E-state index contributed by atoms with van der Waals surface area (Å²) >= 11 is 0. The lowest BCUT2D eigenvalue weighted by Crippen LogP contribution is -2.32. The van der Waals surface area contributed by atoms with Crippen molar-refractivity contribution in [1.82, 2.24) is 0 Å². The number of carbonyl (C=O) groups excluding carboxylic acids is 2. The molecule has 0 radical (unpaired) electrons. The number of aryl methyl sites for hydroxylation is 3. The zero-order valence-corrected chi connectivity index (χ0v) is 16.7. The number of benzene rings is 3. The molecule has 0 aliphatic carbocycles. The van der Waals surface area contributed by atoms with Gasteiger partial charge in [0.2, 0.25) is 0 Å². The van der Waals surface area contributed by atoms with E-state index in [9.17, 15) is 9.59 Å². The normalized spacial score (nSPS) is 14.0. The van der Waals surface area contributed by atoms with E-state index in [2.05, 4.69) is 5.32 Å². The number of hydrogen-bond donors (Lipinski definition) is 1. The molecule has 3 aromatic carbocycles. The number of hydrogen-bond acceptors (Lipinski definition) is 3. The first-order chi connectivity index (χ1) is 13.9. The number of nitrogens with zero attached hydrogens (tertiary/aromatic N) is 1. The van der Waals surface area contributed by atoms with Crippen LogP contribution < -0.4 is 10.2 Å². The van der Waals surface area contributed by atoms with Gasteiger partial charge in [0.25, 0.3) is 11.8 Å². The van der Waals surface area contributed by atoms with Crippen molar-refractivity contribution in [2.45, 2.75) is 20.8 Å². The maximum atomic E-state index is 13.4. The second-order valence-electron chi connectivity index (χ2n) is 7.40. The zero-order chi connectivity index (χ0) is 20.5. The molecule has 4 heteroatoms. The summed E-state index contributed by atoms with van der Waals surface area (Å²) in [5, 5.41) is 3.21. The Morgan fingerprint density at radius 3 is 2.03 bits per heavy atom. The number of imide groups is 1. The van der Waals surface area contributed by atoms with Crippen molar-refractivity contribution < 1.29 is 9.59 Å². The number of rotatable bonds is 4. The standard InChI is InChI=1S/C25H22N2O2/c1-16-8-7-11-20(13-16)26-23-22(19-9-5-4-6-10-19)24(28)27(25(23)29)21-14-17(2)12-18(3)15-21/h4-15,26H,1-3H3. The lowest BCUT2D eigenvalue weighted by molar-refractivity contribution is -0.120. The molecule has 1 heterocycles. The third-order valence-electron chi connectivity index (χ3n) is 4.90. The monoisotopic (exact) mass is 382 g/mol. The van der Waals surface area contributed by atoms with Gasteiger partial charge in [-0.15, -0.1) is 0 Å². The van der Waals surface area contributed by atoms with Gasteiger partial charge < -0.3 is 5.32 Å². The van der Waals surface area contributed by atoms with Crippen LogP contribution in [-0.4, -0.2) is 11.8 Å². The summed E-state index contributed by atoms with van der Waals surface area (Å²) in [6.45, 7) is 5.90. The number of amides is 2. The van der Waals surface area contributed by atoms with Crippen molar-refractivity contribution in [1.29, 1.82) is 0 Å². The lowest BCUT2D eigenvalue weighted by Gasteiger charge is -2.17. The summed E-state index contributed by atoms with van der Waals surface area (Å²) in [5.41, 5.74) is 5.84. The van der Waals surface area contributed by atoms with E-state index in [0.717, 1.165) is 22.4 Å². The van der Waals surface area contributed by atoms with Crippen molar-refractivity contribution in [3.05, 3.63) is 101 Å². The minimum Gasteiger partial charge on any atom is -0.350 e. The maximum absolute atomic E-state index is 13.4. The molecular weight excluding hydrogens is 360 g/mol. The average Bonchev–Trinajstić information content (AvgIpc) is 2.91. The van der Waals surface area contributed by atoms with Gasteiger partial charge in [-0.3, -0.25) is 9.59 Å². The van der Waals surface area contributed by atoms with E-state index < -0.39 is 0 Å². The Morgan fingerprint density at radius 1 is 0.690 bits per heavy atom. The summed E-state index contributed by atoms with van der Waals surface area (Å²) in [6.07, 6.45) is 0. The molecule has 2 amide bonds. The van der Waals surface area contributed by atoms with Gasteiger partial charge in [-0.05, 0) is 67.3 Å². The average molecular weight is 382 g/mol. The fourth-order valence-electron chi connectivity index (χ4n) is 3.70. The van der Waals surface area contributed by atoms with E-state index in [1.165, 1.54) is 4.90 Å². The molecule has 29 heavy (non-hydrogen) atoms. The van der Waals surface area contributed by atoms with Crippen LogP contribution in [0.2, 0.25) is 0 Å². The van der Waals surface area contributed by atoms with Gasteiger partial charge in [0, 0.05) is 5.69 Å². The highest BCUT2D eigenvalue weighted by atomic mass is 16.2. The molecule has 1 N–H and O–H groups in total. The van der Waals surface area contributed by atoms with E-state index in [1.54, 1.807) is 0 Å². The SMILES string of the molecule is Cc1cccc(NC2=C(c3ccccc3)C(=O)N(c3cc(C)cc(C)c3)C2=O)c1. The fraction of sp³-hybridized carbons (Fsp3) is 0.120. The van der Waals surface area contributed by atoms with Crippen molar-refractivity contribution in [2.24, 2.45) is 0 Å². The minimum absolute atomic E-state index is 0.297. The summed E-state index contributed by atoms with van der Waals surface area (Å²) in [7, 11) is 0. The predicted octanol–water partition coefficient (Wildman–Crippen LogP) is 5.01. The molecule has 144 valence electrons. The van der Waals surface area contributed by atoms with Gasteiger partial charge in [0.15, 0.2) is 0 Å². The molecule has 3 aromatic rings. The van der Waals surface area contributed by atoms with Gasteiger partial charge in [0.05, 0.1) is 11.3 Å². The Balaban J connectivity index is 1.84. The van der Waals surface area contributed by atoms with Crippen molar-refractivity contribution in [2.75, 3.05) is 10.2 Å². The first-order valence-electron chi connectivity index (χ1n) is 9.54. The van der Waals surface area contributed by atoms with E-state index in [1.807, 2.05) is 93.6 Å². The smallest absolute Gasteiger partial charge is 0.282 e. The minimum atomic E-state index is -0.347. The Morgan fingerprint density at radius 2 is 1.38 bits per heavy atom. The molecule has 0 atom stereocenters. The predicted molar refractivity (Wildman–Crippen MR) is 117 cm³/mol. The molecule has 0 fully saturated rings. The molecule has 0 spiro atoms. The van der Waals surface area contributed by atoms with Crippen molar-refractivity contribution in [3.8, 4) is 0 Å². The van der Waals surface area contributed by atoms with E-state index in [-0.39, 0.29) is 11.8 Å². The molecule has 1 aliphatic heterocycles. The molecule has 0 saturated heterocycles. The number of nitrogens with one attached hydrogen (secondary N) is 1. The summed E-state index contributed by atoms with van der Waals surface area (Å²) in [5.74, 6) is -0.665. The Hall–Kier alpha value is -3.66. The van der Waals surface area contributed by atoms with Gasteiger partial charge >= 0.3 is 0 Å². The molecule has 4 rings (SSSR count). The molecule has 0 bridgehead atoms. The third-order valence-corrected chi connectivity index (χ3v) is 4.90. The number of anilines is 2. The van der Waals surface area contributed by atoms with Crippen LogP contribution in [0.4, 0.5) is 11.4 Å². The van der Waals surface area contributed by atoms with Crippen LogP contribution in [0.5, 0.6) is 0 Å². The highest BCUT2D eigenvalue weighted by molar-refractivity contribution is 6.46. The first kappa shape index (κ1) is 18.7. The van der Waals surface area contributed by atoms with Crippen LogP contribution in [0.25, 0.3) is 5.57 Å². The summed E-state index contributed by atoms with van der Waals surface area (Å²) < 4.78 is 0. The van der Waals surface area contributed by atoms with Crippen LogP contribution in [0.3, 0.4) is 0 Å². The molecule has 0 unspecified atom stereocenters. The largest absolute Gasteiger partial charge is 0.350 e. The Bertz CT molecular complexity index is 1130. The highest BCUT2D eigenvalue weighted by Crippen LogP contribution is 2.34. The van der Waals surface area contributed by atoms with Gasteiger partial charge in [-0.2, -0.15) is 0 Å². The second-order valence-corrected chi connectivity index (χ2v) is 7.40. The van der Waals surface area contributed by atoms with Crippen molar-refractivity contribution in [3.63, 3.8) is 0 Å². The second kappa shape index (κ2) is 7.40. The summed E-state index contributed by atoms with van der Waals surface area (Å²) in [4.78, 5) is 28.1. The van der Waals surface area contributed by atoms with Gasteiger partial charge in [-0.1, -0.05) is 48.5 Å². The van der Waals surface area contributed by atoms with Crippen LogP contribution in [-0.2, 0) is 9.59 Å². The van der Waals surface area contributed by atoms with E-state index >= 15 is 0 Å². The zero-order valence-electron chi connectivity index (χ0n) is 16.7. The van der Waals surface area contributed by atoms with Gasteiger partial charge in [0.1, 0.15) is 5.70 Å². The Labute approximate surface area is 170 Å². The Kier molecular flexibility index (Phi) is 4.77. The molecule has 0 aromatic heterocycles. The van der Waals surface area contributed by atoms with E-state index in [0.29, 0.717) is 22.5 Å². The first-order valence-corrected chi connectivity index (χ1v) is 9.54. The molecular formula is C25H22N2O2. The lowest BCUT2D eigenvalue weighted by atomic mass is 10.0. The molecule has 1 aliphatic rings. The van der Waals surface area contributed by atoms with Crippen LogP contribution >= 0.6 is 0 Å². The molecule has 0 saturated carbocycles. The maximum Gasteiger partial charge on any atom is 0.282 e. The van der Waals surface area contributed by atoms with Crippen LogP contribution in [0.15, 0.2) is 78.5 Å². The quantitative estimate of drug-likeness (QED) is 0.646. The fourth-order valence-corrected chi connectivity index (χ4v) is 3.70.